The number of nitrogens with zero attached hydrogens (tertiary/aromatic N) is 1. The highest BCUT2D eigenvalue weighted by Gasteiger charge is 2.15. The quantitative estimate of drug-likeness (QED) is 0.879. The summed E-state index contributed by atoms with van der Waals surface area (Å²) < 4.78 is 0. The summed E-state index contributed by atoms with van der Waals surface area (Å²) in [7, 11) is 0. The second-order valence-electron chi connectivity index (χ2n) is 4.73. The SMILES string of the molecule is CC(SCc1ccc(Cl)cc1)C(=O)Nc1ccccc1C#N. The number of nitrogens with one attached hydrogen (secondary N) is 1. The second-order valence-corrected chi connectivity index (χ2v) is 6.49. The number of hydrogen-bond donors (Lipinski definition) is 1. The molecule has 1 unspecified atom stereocenters. The Kier molecular flexibility index (Phi) is 5.88. The lowest BCUT2D eigenvalue weighted by Crippen LogP contribution is -2.23. The molecule has 0 aromatic heterocycles. The Morgan fingerprint density at radius 3 is 2.64 bits per heavy atom. The van der Waals surface area contributed by atoms with E-state index in [0.717, 1.165) is 11.3 Å². The van der Waals surface area contributed by atoms with Gasteiger partial charge in [-0.15, -0.1) is 11.8 Å². The molecule has 0 bridgehead atoms. The molecule has 0 saturated heterocycles. The maximum Gasteiger partial charge on any atom is 0.237 e. The molecule has 1 amide bonds. The number of hydrogen-bond acceptors (Lipinski definition) is 3. The van der Waals surface area contributed by atoms with Crippen LogP contribution in [0, 0.1) is 11.3 Å². The highest BCUT2D eigenvalue weighted by atomic mass is 35.5. The van der Waals surface area contributed by atoms with Gasteiger partial charge in [0.2, 0.25) is 5.91 Å². The molecular formula is C17H15ClN2OS. The lowest BCUT2D eigenvalue weighted by molar-refractivity contribution is -0.115. The predicted molar refractivity (Wildman–Crippen MR) is 92.0 cm³/mol. The van der Waals surface area contributed by atoms with Gasteiger partial charge in [0.1, 0.15) is 6.07 Å². The van der Waals surface area contributed by atoms with Crippen LogP contribution in [0.2, 0.25) is 5.02 Å². The van der Waals surface area contributed by atoms with E-state index in [0.29, 0.717) is 16.3 Å². The molecule has 0 spiro atoms. The third-order valence-electron chi connectivity index (χ3n) is 3.09. The van der Waals surface area contributed by atoms with Crippen LogP contribution in [0.3, 0.4) is 0 Å². The van der Waals surface area contributed by atoms with Crippen LogP contribution in [0.1, 0.15) is 18.1 Å². The minimum Gasteiger partial charge on any atom is -0.324 e. The third-order valence-corrected chi connectivity index (χ3v) is 4.55. The van der Waals surface area contributed by atoms with Crippen LogP contribution in [-0.2, 0) is 10.5 Å². The molecule has 0 aliphatic rings. The minimum atomic E-state index is -0.220. The van der Waals surface area contributed by atoms with Gasteiger partial charge in [-0.25, -0.2) is 0 Å². The Labute approximate surface area is 139 Å². The molecule has 0 fully saturated rings. The van der Waals surface area contributed by atoms with Gasteiger partial charge in [0.05, 0.1) is 16.5 Å². The zero-order valence-corrected chi connectivity index (χ0v) is 13.6. The van der Waals surface area contributed by atoms with Crippen LogP contribution in [-0.4, -0.2) is 11.2 Å². The van der Waals surface area contributed by atoms with Crippen molar-refractivity contribution in [1.29, 1.82) is 5.26 Å². The van der Waals surface area contributed by atoms with Crippen LogP contribution in [0.4, 0.5) is 5.69 Å². The minimum absolute atomic E-state index is 0.110. The summed E-state index contributed by atoms with van der Waals surface area (Å²) in [5.74, 6) is 0.618. The molecule has 22 heavy (non-hydrogen) atoms. The van der Waals surface area contributed by atoms with Crippen molar-refractivity contribution in [3.05, 3.63) is 64.7 Å². The van der Waals surface area contributed by atoms with Gasteiger partial charge in [-0.2, -0.15) is 5.26 Å². The smallest absolute Gasteiger partial charge is 0.237 e. The van der Waals surface area contributed by atoms with Crippen molar-refractivity contribution in [3.63, 3.8) is 0 Å². The molecular weight excluding hydrogens is 316 g/mol. The molecule has 0 radical (unpaired) electrons. The Morgan fingerprint density at radius 2 is 1.95 bits per heavy atom. The standard InChI is InChI=1S/C17H15ClN2OS/c1-12(22-11-13-6-8-15(18)9-7-13)17(21)20-16-5-3-2-4-14(16)10-19/h2-9,12H,11H2,1H3,(H,20,21). The van der Waals surface area contributed by atoms with Gasteiger partial charge < -0.3 is 5.32 Å². The van der Waals surface area contributed by atoms with E-state index < -0.39 is 0 Å². The fourth-order valence-corrected chi connectivity index (χ4v) is 2.77. The van der Waals surface area contributed by atoms with Crippen LogP contribution in [0.15, 0.2) is 48.5 Å². The number of anilines is 1. The molecule has 1 atom stereocenters. The van der Waals surface area contributed by atoms with E-state index >= 15 is 0 Å². The molecule has 2 aromatic rings. The summed E-state index contributed by atoms with van der Waals surface area (Å²) in [4.78, 5) is 12.2. The Bertz CT molecular complexity index is 695. The summed E-state index contributed by atoms with van der Waals surface area (Å²) in [5.41, 5.74) is 2.13. The van der Waals surface area contributed by atoms with Gasteiger partial charge in [0.25, 0.3) is 0 Å². The first kappa shape index (κ1) is 16.4. The van der Waals surface area contributed by atoms with Crippen molar-refractivity contribution < 1.29 is 4.79 Å². The number of amides is 1. The van der Waals surface area contributed by atoms with E-state index in [9.17, 15) is 4.79 Å². The van der Waals surface area contributed by atoms with Crippen molar-refractivity contribution in [2.75, 3.05) is 5.32 Å². The zero-order valence-electron chi connectivity index (χ0n) is 12.0. The van der Waals surface area contributed by atoms with E-state index in [1.165, 1.54) is 11.8 Å². The van der Waals surface area contributed by atoms with Gasteiger partial charge in [0.15, 0.2) is 0 Å². The van der Waals surface area contributed by atoms with Gasteiger partial charge in [-0.05, 0) is 36.8 Å². The molecule has 0 saturated carbocycles. The number of thioether (sulfide) groups is 1. The van der Waals surface area contributed by atoms with E-state index in [2.05, 4.69) is 11.4 Å². The van der Waals surface area contributed by atoms with Crippen molar-refractivity contribution >= 4 is 35.0 Å². The van der Waals surface area contributed by atoms with Crippen LogP contribution >= 0.6 is 23.4 Å². The largest absolute Gasteiger partial charge is 0.324 e. The second kappa shape index (κ2) is 7.88. The fourth-order valence-electron chi connectivity index (χ4n) is 1.80. The number of rotatable bonds is 5. The lowest BCUT2D eigenvalue weighted by Gasteiger charge is -2.13. The van der Waals surface area contributed by atoms with Gasteiger partial charge in [-0.1, -0.05) is 35.9 Å². The van der Waals surface area contributed by atoms with Gasteiger partial charge >= 0.3 is 0 Å². The van der Waals surface area contributed by atoms with Crippen molar-refractivity contribution in [3.8, 4) is 6.07 Å². The van der Waals surface area contributed by atoms with Crippen molar-refractivity contribution in [2.45, 2.75) is 17.9 Å². The average molecular weight is 331 g/mol. The molecule has 2 rings (SSSR count). The van der Waals surface area contributed by atoms with Crippen molar-refractivity contribution in [2.24, 2.45) is 0 Å². The maximum absolute atomic E-state index is 12.2. The summed E-state index contributed by atoms with van der Waals surface area (Å²) in [6.07, 6.45) is 0. The number of para-hydroxylation sites is 1. The molecule has 5 heteroatoms. The summed E-state index contributed by atoms with van der Waals surface area (Å²) >= 11 is 7.38. The molecule has 3 nitrogen and oxygen atoms in total. The molecule has 0 aliphatic carbocycles. The number of carbonyl (C=O) groups excluding carboxylic acids is 1. The Hall–Kier alpha value is -1.96. The highest BCUT2D eigenvalue weighted by molar-refractivity contribution is 7.99. The van der Waals surface area contributed by atoms with Gasteiger partial charge in [-0.3, -0.25) is 4.79 Å². The van der Waals surface area contributed by atoms with E-state index in [4.69, 9.17) is 16.9 Å². The van der Waals surface area contributed by atoms with Crippen molar-refractivity contribution in [1.82, 2.24) is 0 Å². The number of halogens is 1. The number of carbonyl (C=O) groups is 1. The maximum atomic E-state index is 12.2. The number of benzene rings is 2. The molecule has 0 heterocycles. The first-order valence-electron chi connectivity index (χ1n) is 6.76. The van der Waals surface area contributed by atoms with E-state index in [-0.39, 0.29) is 11.2 Å². The fraction of sp³-hybridized carbons (Fsp3) is 0.176. The van der Waals surface area contributed by atoms with Crippen LogP contribution in [0.25, 0.3) is 0 Å². The molecule has 0 aliphatic heterocycles. The Balaban J connectivity index is 1.92. The topological polar surface area (TPSA) is 52.9 Å². The normalized spacial score (nSPS) is 11.5. The van der Waals surface area contributed by atoms with Crippen LogP contribution in [0.5, 0.6) is 0 Å². The first-order valence-corrected chi connectivity index (χ1v) is 8.19. The van der Waals surface area contributed by atoms with Crippen LogP contribution < -0.4 is 5.32 Å². The first-order chi connectivity index (χ1) is 10.6. The average Bonchev–Trinajstić information content (AvgIpc) is 2.54. The monoisotopic (exact) mass is 330 g/mol. The van der Waals surface area contributed by atoms with E-state index in [1.807, 2.05) is 31.2 Å². The summed E-state index contributed by atoms with van der Waals surface area (Å²) in [6.45, 7) is 1.85. The predicted octanol–water partition coefficient (Wildman–Crippen LogP) is 4.47. The molecule has 1 N–H and O–H groups in total. The summed E-state index contributed by atoms with van der Waals surface area (Å²) in [6, 6.07) is 16.6. The third kappa shape index (κ3) is 4.52. The Morgan fingerprint density at radius 1 is 1.27 bits per heavy atom. The lowest BCUT2D eigenvalue weighted by atomic mass is 10.2. The van der Waals surface area contributed by atoms with Gasteiger partial charge in [0, 0.05) is 10.8 Å². The highest BCUT2D eigenvalue weighted by Crippen LogP contribution is 2.21. The number of nitriles is 1. The summed E-state index contributed by atoms with van der Waals surface area (Å²) in [5, 5.41) is 12.3. The molecule has 2 aromatic carbocycles. The van der Waals surface area contributed by atoms with E-state index in [1.54, 1.807) is 24.3 Å². The zero-order chi connectivity index (χ0) is 15.9. The molecule has 112 valence electrons.